The molecule has 1 aromatic carbocycles. The number of hydrogen-bond donors (Lipinski definition) is 2. The monoisotopic (exact) mass is 250 g/mol. The lowest BCUT2D eigenvalue weighted by molar-refractivity contribution is 0.541. The molecule has 2 nitrogen and oxygen atoms in total. The van der Waals surface area contributed by atoms with Gasteiger partial charge in [0.05, 0.1) is 0 Å². The Kier molecular flexibility index (Phi) is 3.37. The minimum absolute atomic E-state index is 0.819. The maximum Gasteiger partial charge on any atom is 0.0406 e. The van der Waals surface area contributed by atoms with E-state index in [0.717, 1.165) is 35.7 Å². The van der Waals surface area contributed by atoms with Gasteiger partial charge in [0, 0.05) is 5.02 Å². The van der Waals surface area contributed by atoms with Crippen molar-refractivity contribution in [2.45, 2.75) is 6.42 Å². The molecule has 92 valence electrons. The molecule has 2 unspecified atom stereocenters. The van der Waals surface area contributed by atoms with E-state index in [2.05, 4.69) is 22.8 Å². The van der Waals surface area contributed by atoms with Gasteiger partial charge in [-0.15, -0.1) is 0 Å². The van der Waals surface area contributed by atoms with Crippen LogP contribution in [0, 0.1) is 17.8 Å². The van der Waals surface area contributed by atoms with E-state index in [4.69, 9.17) is 11.6 Å². The molecule has 1 saturated carbocycles. The summed E-state index contributed by atoms with van der Waals surface area (Å²) in [5.74, 6) is 2.89. The van der Waals surface area contributed by atoms with Crippen molar-refractivity contribution in [3.05, 3.63) is 34.9 Å². The van der Waals surface area contributed by atoms with Crippen molar-refractivity contribution >= 4 is 11.6 Å². The maximum atomic E-state index is 5.86. The smallest absolute Gasteiger partial charge is 0.0406 e. The molecule has 3 heteroatoms. The fraction of sp³-hybridized carbons (Fsp3) is 0.571. The molecule has 1 aromatic rings. The third kappa shape index (κ3) is 2.65. The second-order valence-corrected chi connectivity index (χ2v) is 5.67. The van der Waals surface area contributed by atoms with Crippen molar-refractivity contribution in [3.63, 3.8) is 0 Å². The van der Waals surface area contributed by atoms with Gasteiger partial charge in [-0.1, -0.05) is 23.7 Å². The van der Waals surface area contributed by atoms with E-state index in [-0.39, 0.29) is 0 Å². The van der Waals surface area contributed by atoms with Gasteiger partial charge in [-0.05, 0) is 68.0 Å². The standard InChI is InChI=1S/C14H19ClN2/c15-11-3-1-10(2-4-11)5-6-16-7-12-13-8-17-9-14(12)13/h1-4,12-14,16-17H,5-9H2. The SMILES string of the molecule is Clc1ccc(CCNCC2C3CNCC23)cc1. The molecular formula is C14H19ClN2. The Morgan fingerprint density at radius 1 is 1.18 bits per heavy atom. The van der Waals surface area contributed by atoms with Crippen molar-refractivity contribution < 1.29 is 0 Å². The Morgan fingerprint density at radius 3 is 2.59 bits per heavy atom. The topological polar surface area (TPSA) is 24.1 Å². The van der Waals surface area contributed by atoms with E-state index in [1.807, 2.05) is 12.1 Å². The minimum atomic E-state index is 0.819. The predicted octanol–water partition coefficient (Wildman–Crippen LogP) is 1.94. The van der Waals surface area contributed by atoms with Crippen molar-refractivity contribution in [2.24, 2.45) is 17.8 Å². The molecule has 2 N–H and O–H groups in total. The van der Waals surface area contributed by atoms with Crippen LogP contribution in [0.25, 0.3) is 0 Å². The molecule has 0 aromatic heterocycles. The predicted molar refractivity (Wildman–Crippen MR) is 71.4 cm³/mol. The lowest BCUT2D eigenvalue weighted by atomic mass is 10.1. The van der Waals surface area contributed by atoms with E-state index < -0.39 is 0 Å². The van der Waals surface area contributed by atoms with Crippen LogP contribution in [0.4, 0.5) is 0 Å². The number of benzene rings is 1. The molecule has 1 aliphatic heterocycles. The molecule has 0 bridgehead atoms. The minimum Gasteiger partial charge on any atom is -0.316 e. The highest BCUT2D eigenvalue weighted by Gasteiger charge is 2.51. The van der Waals surface area contributed by atoms with Crippen LogP contribution in [0.5, 0.6) is 0 Å². The number of rotatable bonds is 5. The molecule has 0 radical (unpaired) electrons. The molecule has 17 heavy (non-hydrogen) atoms. The van der Waals surface area contributed by atoms with Gasteiger partial charge in [0.2, 0.25) is 0 Å². The Labute approximate surface area is 108 Å². The van der Waals surface area contributed by atoms with Crippen LogP contribution >= 0.6 is 11.6 Å². The van der Waals surface area contributed by atoms with Crippen LogP contribution in [-0.2, 0) is 6.42 Å². The summed E-state index contributed by atoms with van der Waals surface area (Å²) < 4.78 is 0. The first-order valence-corrected chi connectivity index (χ1v) is 6.88. The molecule has 0 amide bonds. The summed E-state index contributed by atoms with van der Waals surface area (Å²) in [5, 5.41) is 7.83. The van der Waals surface area contributed by atoms with Crippen LogP contribution in [0.3, 0.4) is 0 Å². The summed E-state index contributed by atoms with van der Waals surface area (Å²) in [7, 11) is 0. The number of nitrogens with one attached hydrogen (secondary N) is 2. The van der Waals surface area contributed by atoms with E-state index >= 15 is 0 Å². The first kappa shape index (κ1) is 11.5. The van der Waals surface area contributed by atoms with Gasteiger partial charge in [0.25, 0.3) is 0 Å². The number of halogens is 1. The molecular weight excluding hydrogens is 232 g/mol. The zero-order valence-corrected chi connectivity index (χ0v) is 10.7. The molecule has 3 rings (SSSR count). The van der Waals surface area contributed by atoms with Gasteiger partial charge in [-0.25, -0.2) is 0 Å². The average Bonchev–Trinajstić information content (AvgIpc) is 2.78. The second-order valence-electron chi connectivity index (χ2n) is 5.23. The van der Waals surface area contributed by atoms with Crippen molar-refractivity contribution in [3.8, 4) is 0 Å². The molecule has 2 aliphatic rings. The molecule has 2 fully saturated rings. The summed E-state index contributed by atoms with van der Waals surface area (Å²) in [4.78, 5) is 0. The van der Waals surface area contributed by atoms with Crippen LogP contribution in [0.15, 0.2) is 24.3 Å². The largest absolute Gasteiger partial charge is 0.316 e. The number of fused-ring (bicyclic) bond motifs is 1. The second kappa shape index (κ2) is 4.97. The highest BCUT2D eigenvalue weighted by Crippen LogP contribution is 2.47. The van der Waals surface area contributed by atoms with E-state index in [0.29, 0.717) is 0 Å². The molecule has 1 saturated heterocycles. The number of hydrogen-bond acceptors (Lipinski definition) is 2. The molecule has 1 aliphatic carbocycles. The summed E-state index contributed by atoms with van der Waals surface area (Å²) in [5.41, 5.74) is 1.36. The third-order valence-corrected chi connectivity index (χ3v) is 4.40. The number of piperidine rings is 1. The Morgan fingerprint density at radius 2 is 1.88 bits per heavy atom. The van der Waals surface area contributed by atoms with Crippen molar-refractivity contribution in [1.82, 2.24) is 10.6 Å². The van der Waals surface area contributed by atoms with Gasteiger partial charge in [0.15, 0.2) is 0 Å². The van der Waals surface area contributed by atoms with Gasteiger partial charge < -0.3 is 10.6 Å². The summed E-state index contributed by atoms with van der Waals surface area (Å²) in [6.45, 7) is 4.76. The van der Waals surface area contributed by atoms with Crippen LogP contribution < -0.4 is 10.6 Å². The van der Waals surface area contributed by atoms with Gasteiger partial charge in [-0.3, -0.25) is 0 Å². The fourth-order valence-electron chi connectivity index (χ4n) is 3.00. The summed E-state index contributed by atoms with van der Waals surface area (Å²) >= 11 is 5.86. The van der Waals surface area contributed by atoms with E-state index in [9.17, 15) is 0 Å². The zero-order valence-electron chi connectivity index (χ0n) is 9.95. The fourth-order valence-corrected chi connectivity index (χ4v) is 3.13. The van der Waals surface area contributed by atoms with Crippen LogP contribution in [0.1, 0.15) is 5.56 Å². The highest BCUT2D eigenvalue weighted by molar-refractivity contribution is 6.30. The quantitative estimate of drug-likeness (QED) is 0.781. The van der Waals surface area contributed by atoms with Crippen molar-refractivity contribution in [2.75, 3.05) is 26.2 Å². The van der Waals surface area contributed by atoms with Gasteiger partial charge in [0.1, 0.15) is 0 Å². The average molecular weight is 251 g/mol. The lowest BCUT2D eigenvalue weighted by Gasteiger charge is -2.07. The third-order valence-electron chi connectivity index (χ3n) is 4.15. The summed E-state index contributed by atoms with van der Waals surface area (Å²) in [6, 6.07) is 8.15. The van der Waals surface area contributed by atoms with E-state index in [1.165, 1.54) is 25.2 Å². The van der Waals surface area contributed by atoms with Crippen LogP contribution in [0.2, 0.25) is 5.02 Å². The Bertz CT molecular complexity index is 366. The molecule has 1 heterocycles. The first-order chi connectivity index (χ1) is 8.34. The Balaban J connectivity index is 1.34. The van der Waals surface area contributed by atoms with Crippen molar-refractivity contribution in [1.29, 1.82) is 0 Å². The highest BCUT2D eigenvalue weighted by atomic mass is 35.5. The normalized spacial score (nSPS) is 30.3. The van der Waals surface area contributed by atoms with Crippen LogP contribution in [-0.4, -0.2) is 26.2 Å². The molecule has 0 spiro atoms. The molecule has 2 atom stereocenters. The summed E-state index contributed by atoms with van der Waals surface area (Å²) in [6.07, 6.45) is 1.09. The maximum absolute atomic E-state index is 5.86. The zero-order chi connectivity index (χ0) is 11.7. The van der Waals surface area contributed by atoms with Gasteiger partial charge >= 0.3 is 0 Å². The van der Waals surface area contributed by atoms with E-state index in [1.54, 1.807) is 0 Å². The first-order valence-electron chi connectivity index (χ1n) is 6.50. The lowest BCUT2D eigenvalue weighted by Crippen LogP contribution is -2.24. The Hall–Kier alpha value is -0.570. The van der Waals surface area contributed by atoms with Gasteiger partial charge in [-0.2, -0.15) is 0 Å².